The van der Waals surface area contributed by atoms with Gasteiger partial charge in [0, 0.05) is 32.2 Å². The summed E-state index contributed by atoms with van der Waals surface area (Å²) < 4.78 is 79.2. The van der Waals surface area contributed by atoms with Gasteiger partial charge < -0.3 is 5.32 Å². The maximum Gasteiger partial charge on any atom is 0.416 e. The van der Waals surface area contributed by atoms with Crippen LogP contribution in [0.5, 0.6) is 0 Å². The van der Waals surface area contributed by atoms with Crippen LogP contribution in [0.1, 0.15) is 43.0 Å². The maximum absolute atomic E-state index is 13.5. The fourth-order valence-corrected chi connectivity index (χ4v) is 3.28. The zero-order chi connectivity index (χ0) is 18.8. The molecule has 1 saturated heterocycles. The van der Waals surface area contributed by atoms with Crippen molar-refractivity contribution in [3.63, 3.8) is 0 Å². The Bertz CT molecular complexity index is 575. The van der Waals surface area contributed by atoms with E-state index >= 15 is 0 Å². The van der Waals surface area contributed by atoms with Crippen LogP contribution in [0.2, 0.25) is 0 Å². The van der Waals surface area contributed by atoms with Crippen molar-refractivity contribution < 1.29 is 26.3 Å². The third kappa shape index (κ3) is 4.67. The third-order valence-corrected chi connectivity index (χ3v) is 4.73. The van der Waals surface area contributed by atoms with Crippen molar-refractivity contribution >= 4 is 0 Å². The second kappa shape index (κ2) is 7.53. The van der Waals surface area contributed by atoms with Crippen LogP contribution in [-0.2, 0) is 12.4 Å². The van der Waals surface area contributed by atoms with E-state index in [0.717, 1.165) is 12.1 Å². The highest BCUT2D eigenvalue weighted by molar-refractivity contribution is 5.38. The molecule has 0 bridgehead atoms. The Morgan fingerprint density at radius 1 is 1.04 bits per heavy atom. The lowest BCUT2D eigenvalue weighted by molar-refractivity contribution is -0.144. The Kier molecular flexibility index (Phi) is 6.04. The van der Waals surface area contributed by atoms with Gasteiger partial charge >= 0.3 is 12.4 Å². The van der Waals surface area contributed by atoms with Gasteiger partial charge in [0.1, 0.15) is 0 Å². The van der Waals surface area contributed by atoms with Gasteiger partial charge in [0.15, 0.2) is 0 Å². The van der Waals surface area contributed by atoms with Gasteiger partial charge in [-0.1, -0.05) is 26.3 Å². The molecule has 0 radical (unpaired) electrons. The smallest absolute Gasteiger partial charge is 0.314 e. The third-order valence-electron chi connectivity index (χ3n) is 4.73. The number of benzene rings is 1. The van der Waals surface area contributed by atoms with E-state index in [2.05, 4.69) is 5.32 Å². The minimum Gasteiger partial charge on any atom is -0.314 e. The Hall–Kier alpha value is -1.28. The zero-order valence-electron chi connectivity index (χ0n) is 14.1. The minimum absolute atomic E-state index is 0.0725. The molecule has 0 aliphatic carbocycles. The quantitative estimate of drug-likeness (QED) is 0.774. The molecule has 8 heteroatoms. The maximum atomic E-state index is 13.5. The molecule has 25 heavy (non-hydrogen) atoms. The van der Waals surface area contributed by atoms with Crippen LogP contribution in [0.25, 0.3) is 0 Å². The lowest BCUT2D eigenvalue weighted by Crippen LogP contribution is -2.47. The van der Waals surface area contributed by atoms with Crippen molar-refractivity contribution in [3.8, 4) is 0 Å². The van der Waals surface area contributed by atoms with Gasteiger partial charge in [-0.3, -0.25) is 4.90 Å². The molecule has 0 saturated carbocycles. The van der Waals surface area contributed by atoms with Crippen LogP contribution in [0, 0.1) is 5.92 Å². The number of nitrogens with zero attached hydrogens (tertiary/aromatic N) is 1. The van der Waals surface area contributed by atoms with E-state index < -0.39 is 29.5 Å². The molecular weight excluding hydrogens is 346 g/mol. The monoisotopic (exact) mass is 368 g/mol. The average molecular weight is 368 g/mol. The summed E-state index contributed by atoms with van der Waals surface area (Å²) in [6, 6.07) is 1.44. The highest BCUT2D eigenvalue weighted by atomic mass is 19.4. The Labute approximate surface area is 143 Å². The molecular formula is C17H22F6N2. The second-order valence-electron chi connectivity index (χ2n) is 6.41. The van der Waals surface area contributed by atoms with Gasteiger partial charge in [-0.25, -0.2) is 0 Å². The van der Waals surface area contributed by atoms with Crippen LogP contribution >= 0.6 is 0 Å². The van der Waals surface area contributed by atoms with Crippen LogP contribution in [0.3, 0.4) is 0 Å². The fourth-order valence-electron chi connectivity index (χ4n) is 3.28. The van der Waals surface area contributed by atoms with Crippen LogP contribution in [0.15, 0.2) is 18.2 Å². The molecule has 1 aromatic rings. The van der Waals surface area contributed by atoms with Gasteiger partial charge in [-0.2, -0.15) is 26.3 Å². The molecule has 1 unspecified atom stereocenters. The Morgan fingerprint density at radius 2 is 1.64 bits per heavy atom. The van der Waals surface area contributed by atoms with Crippen molar-refractivity contribution in [2.45, 2.75) is 38.7 Å². The van der Waals surface area contributed by atoms with E-state index in [4.69, 9.17) is 0 Å². The number of hydrogen-bond donors (Lipinski definition) is 1. The van der Waals surface area contributed by atoms with Gasteiger partial charge in [-0.15, -0.1) is 0 Å². The van der Waals surface area contributed by atoms with Crippen LogP contribution in [0.4, 0.5) is 26.3 Å². The molecule has 2 nitrogen and oxygen atoms in total. The van der Waals surface area contributed by atoms with E-state index in [1.54, 1.807) is 0 Å². The summed E-state index contributed by atoms with van der Waals surface area (Å²) >= 11 is 0. The van der Waals surface area contributed by atoms with Crippen molar-refractivity contribution in [2.75, 3.05) is 26.2 Å². The molecule has 142 valence electrons. The SMILES string of the molecule is CCC(C)[C@@H](c1ccc(C(F)(F)F)cc1C(F)(F)F)N1CCNCC1. The van der Waals surface area contributed by atoms with Gasteiger partial charge in [-0.05, 0) is 23.6 Å². The number of alkyl halides is 6. The first-order chi connectivity index (χ1) is 11.6. The van der Waals surface area contributed by atoms with Crippen molar-refractivity contribution in [2.24, 2.45) is 5.92 Å². The summed E-state index contributed by atoms with van der Waals surface area (Å²) in [4.78, 5) is 1.93. The van der Waals surface area contributed by atoms with Gasteiger partial charge in [0.25, 0.3) is 0 Å². The first-order valence-electron chi connectivity index (χ1n) is 8.28. The van der Waals surface area contributed by atoms with E-state index in [-0.39, 0.29) is 17.5 Å². The molecule has 2 atom stereocenters. The lowest BCUT2D eigenvalue weighted by Gasteiger charge is -2.39. The first-order valence-corrected chi connectivity index (χ1v) is 8.28. The number of halogens is 6. The number of piperazine rings is 1. The summed E-state index contributed by atoms with van der Waals surface area (Å²) in [6.07, 6.45) is -9.01. The highest BCUT2D eigenvalue weighted by Crippen LogP contribution is 2.42. The fraction of sp³-hybridized carbons (Fsp3) is 0.647. The summed E-state index contributed by atoms with van der Waals surface area (Å²) in [7, 11) is 0. The molecule has 1 N–H and O–H groups in total. The second-order valence-corrected chi connectivity index (χ2v) is 6.41. The van der Waals surface area contributed by atoms with Crippen molar-refractivity contribution in [1.29, 1.82) is 0 Å². The first kappa shape index (κ1) is 20.0. The Balaban J connectivity index is 2.55. The molecule has 0 amide bonds. The summed E-state index contributed by atoms with van der Waals surface area (Å²) in [5.41, 5.74) is -2.53. The molecule has 1 aromatic carbocycles. The number of rotatable bonds is 4. The Morgan fingerprint density at radius 3 is 2.12 bits per heavy atom. The summed E-state index contributed by atoms with van der Waals surface area (Å²) in [5.74, 6) is -0.115. The molecule has 1 heterocycles. The molecule has 0 spiro atoms. The largest absolute Gasteiger partial charge is 0.416 e. The van der Waals surface area contributed by atoms with Crippen LogP contribution in [-0.4, -0.2) is 31.1 Å². The predicted molar refractivity (Wildman–Crippen MR) is 83.1 cm³/mol. The van der Waals surface area contributed by atoms with Crippen LogP contribution < -0.4 is 5.32 Å². The van der Waals surface area contributed by atoms with Gasteiger partial charge in [0.2, 0.25) is 0 Å². The number of nitrogens with one attached hydrogen (secondary N) is 1. The normalized spacial score (nSPS) is 19.7. The predicted octanol–water partition coefficient (Wildman–Crippen LogP) is 4.72. The number of hydrogen-bond acceptors (Lipinski definition) is 2. The minimum atomic E-state index is -4.84. The molecule has 1 fully saturated rings. The molecule has 0 aromatic heterocycles. The van der Waals surface area contributed by atoms with E-state index in [9.17, 15) is 26.3 Å². The van der Waals surface area contributed by atoms with Gasteiger partial charge in [0.05, 0.1) is 11.1 Å². The standard InChI is InChI=1S/C17H22F6N2/c1-3-11(2)15(25-8-6-24-7-9-25)13-5-4-12(16(18,19)20)10-14(13)17(21,22)23/h4-5,10-11,15,24H,3,6-9H2,1-2H3/t11?,15-/m0/s1. The molecule has 1 aliphatic heterocycles. The van der Waals surface area contributed by atoms with Crippen molar-refractivity contribution in [3.05, 3.63) is 34.9 Å². The molecule has 2 rings (SSSR count). The average Bonchev–Trinajstić information content (AvgIpc) is 2.54. The zero-order valence-corrected chi connectivity index (χ0v) is 14.1. The van der Waals surface area contributed by atoms with E-state index in [0.29, 0.717) is 32.6 Å². The van der Waals surface area contributed by atoms with Crippen molar-refractivity contribution in [1.82, 2.24) is 10.2 Å². The lowest BCUT2D eigenvalue weighted by atomic mass is 9.86. The van der Waals surface area contributed by atoms with E-state index in [1.165, 1.54) is 0 Å². The topological polar surface area (TPSA) is 15.3 Å². The summed E-state index contributed by atoms with van der Waals surface area (Å²) in [6.45, 7) is 6.13. The summed E-state index contributed by atoms with van der Waals surface area (Å²) in [5, 5.41) is 3.14. The molecule has 1 aliphatic rings. The van der Waals surface area contributed by atoms with E-state index in [1.807, 2.05) is 18.7 Å². The highest BCUT2D eigenvalue weighted by Gasteiger charge is 2.41.